The minimum Gasteiger partial charge on any atom is -0.378 e. The zero-order chi connectivity index (χ0) is 14.2. The Labute approximate surface area is 124 Å². The molecule has 1 fully saturated rings. The van der Waals surface area contributed by atoms with Gasteiger partial charge in [-0.2, -0.15) is 0 Å². The highest BCUT2D eigenvalue weighted by Crippen LogP contribution is 2.12. The smallest absolute Gasteiger partial charge is 0.220 e. The molecule has 0 aliphatic carbocycles. The molecule has 0 spiro atoms. The number of morpholine rings is 1. The molecule has 1 aromatic rings. The number of rotatable bonds is 6. The molecule has 5 nitrogen and oxygen atoms in total. The maximum absolute atomic E-state index is 11.5. The van der Waals surface area contributed by atoms with E-state index < -0.39 is 0 Å². The topological polar surface area (TPSA) is 54.5 Å². The molecule has 1 N–H and O–H groups in total. The summed E-state index contributed by atoms with van der Waals surface area (Å²) in [6.45, 7) is 3.76. The lowest BCUT2D eigenvalue weighted by molar-refractivity contribution is -0.121. The van der Waals surface area contributed by atoms with Crippen LogP contribution in [0.1, 0.15) is 18.4 Å². The number of hydrogen-bond donors (Lipinski definition) is 1. The number of nitrogens with zero attached hydrogens (tertiary/aromatic N) is 2. The van der Waals surface area contributed by atoms with E-state index in [-0.39, 0.29) is 5.91 Å². The number of nitrogens with one attached hydrogen (secondary N) is 1. The predicted octanol–water partition coefficient (Wildman–Crippen LogP) is 1.55. The molecule has 20 heavy (non-hydrogen) atoms. The zero-order valence-corrected chi connectivity index (χ0v) is 12.2. The number of hydrogen-bond acceptors (Lipinski definition) is 4. The van der Waals surface area contributed by atoms with E-state index in [0.717, 1.165) is 37.7 Å². The highest BCUT2D eigenvalue weighted by atomic mass is 35.5. The molecule has 0 bridgehead atoms. The minimum absolute atomic E-state index is 0.0305. The molecule has 0 atom stereocenters. The van der Waals surface area contributed by atoms with Crippen molar-refractivity contribution < 1.29 is 9.53 Å². The van der Waals surface area contributed by atoms with Gasteiger partial charge < -0.3 is 15.0 Å². The summed E-state index contributed by atoms with van der Waals surface area (Å²) in [5.74, 6) is 1.51. The van der Waals surface area contributed by atoms with Gasteiger partial charge in [0.2, 0.25) is 5.91 Å². The summed E-state index contributed by atoms with van der Waals surface area (Å²) >= 11 is 5.55. The summed E-state index contributed by atoms with van der Waals surface area (Å²) in [5.41, 5.74) is 1.00. The summed E-state index contributed by atoms with van der Waals surface area (Å²) < 4.78 is 5.32. The van der Waals surface area contributed by atoms with E-state index >= 15 is 0 Å². The average Bonchev–Trinajstić information content (AvgIpc) is 2.52. The van der Waals surface area contributed by atoms with Crippen LogP contribution < -0.4 is 10.2 Å². The number of alkyl halides is 1. The Hall–Kier alpha value is -1.33. The maximum Gasteiger partial charge on any atom is 0.220 e. The van der Waals surface area contributed by atoms with Crippen molar-refractivity contribution in [2.45, 2.75) is 19.4 Å². The number of ether oxygens (including phenoxy) is 1. The van der Waals surface area contributed by atoms with Gasteiger partial charge in [0, 0.05) is 38.1 Å². The van der Waals surface area contributed by atoms with Crippen LogP contribution in [0.2, 0.25) is 0 Å². The molecular weight excluding hydrogens is 278 g/mol. The Kier molecular flexibility index (Phi) is 6.08. The van der Waals surface area contributed by atoms with E-state index in [1.807, 2.05) is 18.3 Å². The van der Waals surface area contributed by atoms with E-state index in [1.54, 1.807) is 0 Å². The number of amides is 1. The van der Waals surface area contributed by atoms with Crippen LogP contribution in [0.4, 0.5) is 5.82 Å². The fourth-order valence-corrected chi connectivity index (χ4v) is 2.15. The zero-order valence-electron chi connectivity index (χ0n) is 11.5. The van der Waals surface area contributed by atoms with Gasteiger partial charge in [-0.1, -0.05) is 6.07 Å². The molecule has 1 aliphatic rings. The first kappa shape index (κ1) is 15.1. The lowest BCUT2D eigenvalue weighted by Crippen LogP contribution is -2.36. The van der Waals surface area contributed by atoms with Gasteiger partial charge in [0.15, 0.2) is 0 Å². The fraction of sp³-hybridized carbons (Fsp3) is 0.571. The number of halogens is 1. The van der Waals surface area contributed by atoms with Gasteiger partial charge in [-0.3, -0.25) is 4.79 Å². The van der Waals surface area contributed by atoms with Crippen molar-refractivity contribution in [2.24, 2.45) is 0 Å². The van der Waals surface area contributed by atoms with Crippen LogP contribution in [-0.4, -0.2) is 43.1 Å². The number of carbonyl (C=O) groups excluding carboxylic acids is 1. The largest absolute Gasteiger partial charge is 0.378 e. The summed E-state index contributed by atoms with van der Waals surface area (Å²) in [6, 6.07) is 3.99. The van der Waals surface area contributed by atoms with Gasteiger partial charge in [0.05, 0.1) is 13.2 Å². The molecule has 1 aliphatic heterocycles. The molecule has 1 amide bonds. The lowest BCUT2D eigenvalue weighted by atomic mass is 10.2. The first-order chi connectivity index (χ1) is 9.79. The van der Waals surface area contributed by atoms with Crippen LogP contribution in [0.15, 0.2) is 18.3 Å². The fourth-order valence-electron chi connectivity index (χ4n) is 2.02. The SMILES string of the molecule is O=C(CCCCl)NCc1ccc(N2CCOCC2)nc1. The molecule has 2 rings (SSSR count). The van der Waals surface area contributed by atoms with Crippen molar-refractivity contribution >= 4 is 23.3 Å². The van der Waals surface area contributed by atoms with Gasteiger partial charge in [-0.15, -0.1) is 11.6 Å². The molecule has 0 saturated carbocycles. The van der Waals surface area contributed by atoms with Crippen LogP contribution in [0.25, 0.3) is 0 Å². The van der Waals surface area contributed by atoms with E-state index in [2.05, 4.69) is 15.2 Å². The normalized spacial score (nSPS) is 15.2. The highest BCUT2D eigenvalue weighted by Gasteiger charge is 2.11. The number of aromatic nitrogens is 1. The van der Waals surface area contributed by atoms with Crippen molar-refractivity contribution in [3.63, 3.8) is 0 Å². The molecule has 0 radical (unpaired) electrons. The van der Waals surface area contributed by atoms with Crippen molar-refractivity contribution in [1.29, 1.82) is 0 Å². The minimum atomic E-state index is 0.0305. The average molecular weight is 298 g/mol. The molecule has 0 unspecified atom stereocenters. The van der Waals surface area contributed by atoms with Crippen LogP contribution in [0.3, 0.4) is 0 Å². The van der Waals surface area contributed by atoms with E-state index in [4.69, 9.17) is 16.3 Å². The standard InChI is InChI=1S/C14H20ClN3O2/c15-5-1-2-14(19)17-11-12-3-4-13(16-10-12)18-6-8-20-9-7-18/h3-4,10H,1-2,5-9,11H2,(H,17,19). The molecule has 2 heterocycles. The monoisotopic (exact) mass is 297 g/mol. The quantitative estimate of drug-likeness (QED) is 0.810. The van der Waals surface area contributed by atoms with Crippen LogP contribution in [0.5, 0.6) is 0 Å². The molecule has 1 saturated heterocycles. The number of anilines is 1. The second kappa shape index (κ2) is 8.07. The van der Waals surface area contributed by atoms with Crippen molar-refractivity contribution in [3.8, 4) is 0 Å². The summed E-state index contributed by atoms with van der Waals surface area (Å²) in [6.07, 6.45) is 3.00. The third-order valence-electron chi connectivity index (χ3n) is 3.17. The molecule has 0 aromatic carbocycles. The molecule has 1 aromatic heterocycles. The van der Waals surface area contributed by atoms with E-state index in [0.29, 0.717) is 25.3 Å². The Morgan fingerprint density at radius 2 is 2.20 bits per heavy atom. The summed E-state index contributed by atoms with van der Waals surface area (Å²) in [4.78, 5) is 18.1. The Balaban J connectivity index is 1.80. The van der Waals surface area contributed by atoms with Gasteiger partial charge >= 0.3 is 0 Å². The molecular formula is C14H20ClN3O2. The lowest BCUT2D eigenvalue weighted by Gasteiger charge is -2.27. The first-order valence-corrected chi connectivity index (χ1v) is 7.43. The van der Waals surface area contributed by atoms with Crippen molar-refractivity contribution in [1.82, 2.24) is 10.3 Å². The van der Waals surface area contributed by atoms with E-state index in [9.17, 15) is 4.79 Å². The van der Waals surface area contributed by atoms with Gasteiger partial charge in [-0.05, 0) is 18.1 Å². The Morgan fingerprint density at radius 3 is 2.85 bits per heavy atom. The summed E-state index contributed by atoms with van der Waals surface area (Å²) in [7, 11) is 0. The van der Waals surface area contributed by atoms with Crippen LogP contribution in [0, 0.1) is 0 Å². The maximum atomic E-state index is 11.5. The van der Waals surface area contributed by atoms with Crippen molar-refractivity contribution in [3.05, 3.63) is 23.9 Å². The first-order valence-electron chi connectivity index (χ1n) is 6.90. The van der Waals surface area contributed by atoms with Gasteiger partial charge in [0.25, 0.3) is 0 Å². The van der Waals surface area contributed by atoms with Crippen LogP contribution >= 0.6 is 11.6 Å². The number of carbonyl (C=O) groups is 1. The highest BCUT2D eigenvalue weighted by molar-refractivity contribution is 6.17. The Bertz CT molecular complexity index is 419. The second-order valence-electron chi connectivity index (χ2n) is 4.69. The third kappa shape index (κ3) is 4.65. The molecule has 6 heteroatoms. The molecule has 110 valence electrons. The van der Waals surface area contributed by atoms with Crippen LogP contribution in [-0.2, 0) is 16.1 Å². The van der Waals surface area contributed by atoms with Crippen molar-refractivity contribution in [2.75, 3.05) is 37.1 Å². The number of pyridine rings is 1. The van der Waals surface area contributed by atoms with E-state index in [1.165, 1.54) is 0 Å². The Morgan fingerprint density at radius 1 is 1.40 bits per heavy atom. The van der Waals surface area contributed by atoms with Gasteiger partial charge in [-0.25, -0.2) is 4.98 Å². The third-order valence-corrected chi connectivity index (χ3v) is 3.44. The van der Waals surface area contributed by atoms with Gasteiger partial charge in [0.1, 0.15) is 5.82 Å². The summed E-state index contributed by atoms with van der Waals surface area (Å²) in [5, 5.41) is 2.86. The second-order valence-corrected chi connectivity index (χ2v) is 5.07. The predicted molar refractivity (Wildman–Crippen MR) is 79.1 cm³/mol.